The van der Waals surface area contributed by atoms with Crippen molar-refractivity contribution in [1.29, 1.82) is 0 Å². The minimum atomic E-state index is -5.28. The summed E-state index contributed by atoms with van der Waals surface area (Å²) in [5.74, 6) is -12.4. The van der Waals surface area contributed by atoms with Gasteiger partial charge in [0.15, 0.2) is 28.2 Å². The minimum absolute atomic E-state index is 0.168. The number of benzene rings is 2. The second-order valence-corrected chi connectivity index (χ2v) is 8.07. The molecule has 0 bridgehead atoms. The van der Waals surface area contributed by atoms with Gasteiger partial charge in [0.2, 0.25) is 21.1 Å². The molecule has 2 aromatic carbocycles. The van der Waals surface area contributed by atoms with Crippen molar-refractivity contribution >= 4 is 26.9 Å². The topological polar surface area (TPSA) is 54.5 Å². The maximum atomic E-state index is 13.9. The summed E-state index contributed by atoms with van der Waals surface area (Å²) in [6.07, 6.45) is -0.0155. The lowest BCUT2D eigenvalue weighted by molar-refractivity contribution is -0.115. The highest BCUT2D eigenvalue weighted by molar-refractivity contribution is 7.89. The number of sulfonamides is 1. The number of aryl methyl sites for hydroxylation is 1. The van der Waals surface area contributed by atoms with Crippen molar-refractivity contribution in [3.05, 3.63) is 65.0 Å². The van der Waals surface area contributed by atoms with Crippen LogP contribution in [0.5, 0.6) is 0 Å². The number of rotatable bonds is 7. The molecular formula is C17H13ClF5NO3S. The number of halogens is 6. The van der Waals surface area contributed by atoms with Crippen LogP contribution in [0.3, 0.4) is 0 Å². The minimum Gasteiger partial charge on any atom is -0.279 e. The van der Waals surface area contributed by atoms with Crippen LogP contribution in [0.25, 0.3) is 0 Å². The van der Waals surface area contributed by atoms with Gasteiger partial charge < -0.3 is 0 Å². The number of likely N-dealkylation sites (N-methyl/N-ethyl adjacent to an activating group) is 1. The van der Waals surface area contributed by atoms with E-state index in [1.165, 1.54) is 0 Å². The summed E-state index contributed by atoms with van der Waals surface area (Å²) in [7, 11) is -4.51. The Labute approximate surface area is 162 Å². The second kappa shape index (κ2) is 8.54. The molecule has 0 N–H and O–H groups in total. The number of hydrogen-bond donors (Lipinski definition) is 0. The van der Waals surface area contributed by atoms with Gasteiger partial charge in [0.1, 0.15) is 0 Å². The van der Waals surface area contributed by atoms with E-state index in [0.717, 1.165) is 7.05 Å². The Balaban J connectivity index is 2.44. The van der Waals surface area contributed by atoms with E-state index >= 15 is 0 Å². The van der Waals surface area contributed by atoms with Crippen LogP contribution >= 0.6 is 11.6 Å². The third-order valence-corrected chi connectivity index (χ3v) is 6.20. The first-order valence-corrected chi connectivity index (χ1v) is 9.54. The van der Waals surface area contributed by atoms with Gasteiger partial charge in [-0.3, -0.25) is 4.79 Å². The fourth-order valence-electron chi connectivity index (χ4n) is 2.51. The predicted octanol–water partition coefficient (Wildman–Crippen LogP) is 3.77. The van der Waals surface area contributed by atoms with E-state index in [2.05, 4.69) is 0 Å². The number of nitrogens with zero attached hydrogens (tertiary/aromatic N) is 1. The summed E-state index contributed by atoms with van der Waals surface area (Å²) in [6, 6.07) is 6.90. The molecule has 0 heterocycles. The Kier molecular flexibility index (Phi) is 6.79. The zero-order valence-electron chi connectivity index (χ0n) is 14.2. The Hall–Kier alpha value is -2.04. The van der Waals surface area contributed by atoms with Crippen LogP contribution in [0.4, 0.5) is 22.0 Å². The first-order chi connectivity index (χ1) is 13.0. The van der Waals surface area contributed by atoms with Gasteiger partial charge in [-0.2, -0.15) is 4.31 Å². The molecule has 0 aliphatic rings. The molecule has 0 fully saturated rings. The zero-order valence-corrected chi connectivity index (χ0v) is 15.8. The summed E-state index contributed by atoms with van der Waals surface area (Å²) in [6.45, 7) is 0. The molecule has 4 nitrogen and oxygen atoms in total. The summed E-state index contributed by atoms with van der Waals surface area (Å²) >= 11 is 5.43. The fraction of sp³-hybridized carbons (Fsp3) is 0.235. The van der Waals surface area contributed by atoms with E-state index < -0.39 is 55.3 Å². The van der Waals surface area contributed by atoms with Crippen LogP contribution in [-0.2, 0) is 21.2 Å². The molecule has 0 aromatic heterocycles. The van der Waals surface area contributed by atoms with Crippen molar-refractivity contribution < 1.29 is 35.2 Å². The standard InChI is InChI=1S/C17H13ClF5NO3S/c1-24(10(17(18)25)8-7-9-5-3-2-4-6-9)28(26,27)16-14(22)12(20)11(19)13(21)15(16)23/h2-6,10H,7-8H2,1H3/t10-/m0/s1. The molecule has 2 rings (SSSR count). The second-order valence-electron chi connectivity index (χ2n) is 5.76. The first-order valence-electron chi connectivity index (χ1n) is 7.72. The van der Waals surface area contributed by atoms with Crippen LogP contribution < -0.4 is 0 Å². The maximum Gasteiger partial charge on any atom is 0.249 e. The lowest BCUT2D eigenvalue weighted by Crippen LogP contribution is -2.42. The van der Waals surface area contributed by atoms with Crippen LogP contribution in [-0.4, -0.2) is 31.1 Å². The molecule has 1 atom stereocenters. The molecule has 11 heteroatoms. The van der Waals surface area contributed by atoms with Gasteiger partial charge in [0.25, 0.3) is 0 Å². The SMILES string of the molecule is CN([C@@H](CCc1ccccc1)C(=O)Cl)S(=O)(=O)c1c(F)c(F)c(F)c(F)c1F. The predicted molar refractivity (Wildman–Crippen MR) is 90.6 cm³/mol. The van der Waals surface area contributed by atoms with Gasteiger partial charge in [-0.05, 0) is 30.0 Å². The van der Waals surface area contributed by atoms with Gasteiger partial charge in [-0.1, -0.05) is 30.3 Å². The van der Waals surface area contributed by atoms with Gasteiger partial charge >= 0.3 is 0 Å². The van der Waals surface area contributed by atoms with Gasteiger partial charge in [-0.25, -0.2) is 30.4 Å². The lowest BCUT2D eigenvalue weighted by Gasteiger charge is -2.25. The summed E-state index contributed by atoms with van der Waals surface area (Å²) in [5.41, 5.74) is 0.715. The van der Waals surface area contributed by atoms with Crippen molar-refractivity contribution in [2.45, 2.75) is 23.8 Å². The normalized spacial score (nSPS) is 13.0. The van der Waals surface area contributed by atoms with Gasteiger partial charge in [0, 0.05) is 7.05 Å². The van der Waals surface area contributed by atoms with Crippen molar-refractivity contribution in [2.75, 3.05) is 7.05 Å². The number of carbonyl (C=O) groups excluding carboxylic acids is 1. The Morgan fingerprint density at radius 3 is 1.89 bits per heavy atom. The van der Waals surface area contributed by atoms with E-state index in [0.29, 0.717) is 5.56 Å². The zero-order chi connectivity index (χ0) is 21.2. The third kappa shape index (κ3) is 4.18. The van der Waals surface area contributed by atoms with Crippen LogP contribution in [0, 0.1) is 29.1 Å². The molecule has 0 saturated heterocycles. The maximum absolute atomic E-state index is 13.9. The molecule has 0 spiro atoms. The van der Waals surface area contributed by atoms with E-state index in [1.54, 1.807) is 30.3 Å². The lowest BCUT2D eigenvalue weighted by atomic mass is 10.1. The molecule has 0 unspecified atom stereocenters. The fourth-order valence-corrected chi connectivity index (χ4v) is 4.28. The van der Waals surface area contributed by atoms with E-state index in [9.17, 15) is 35.2 Å². The molecule has 0 radical (unpaired) electrons. The van der Waals surface area contributed by atoms with E-state index in [-0.39, 0.29) is 17.1 Å². The largest absolute Gasteiger partial charge is 0.279 e. The molecule has 0 aliphatic carbocycles. The van der Waals surface area contributed by atoms with E-state index in [1.807, 2.05) is 0 Å². The van der Waals surface area contributed by atoms with Crippen molar-refractivity contribution in [3.8, 4) is 0 Å². The summed E-state index contributed by atoms with van der Waals surface area (Å²) < 4.78 is 93.1. The molecular weight excluding hydrogens is 429 g/mol. The summed E-state index contributed by atoms with van der Waals surface area (Å²) in [5, 5.41) is -1.18. The monoisotopic (exact) mass is 441 g/mol. The third-order valence-electron chi connectivity index (χ3n) is 4.06. The number of carbonyl (C=O) groups is 1. The molecule has 2 aromatic rings. The quantitative estimate of drug-likeness (QED) is 0.284. The summed E-state index contributed by atoms with van der Waals surface area (Å²) in [4.78, 5) is 9.66. The highest BCUT2D eigenvalue weighted by atomic mass is 35.5. The molecule has 0 saturated carbocycles. The Morgan fingerprint density at radius 1 is 0.964 bits per heavy atom. The molecule has 0 amide bonds. The van der Waals surface area contributed by atoms with Crippen LogP contribution in [0.2, 0.25) is 0 Å². The number of hydrogen-bond acceptors (Lipinski definition) is 3. The molecule has 0 aliphatic heterocycles. The van der Waals surface area contributed by atoms with Crippen molar-refractivity contribution in [2.24, 2.45) is 0 Å². The molecule has 152 valence electrons. The smallest absolute Gasteiger partial charge is 0.249 e. The van der Waals surface area contributed by atoms with E-state index in [4.69, 9.17) is 11.6 Å². The molecule has 28 heavy (non-hydrogen) atoms. The Morgan fingerprint density at radius 2 is 1.43 bits per heavy atom. The highest BCUT2D eigenvalue weighted by Crippen LogP contribution is 2.30. The van der Waals surface area contributed by atoms with Crippen molar-refractivity contribution in [3.63, 3.8) is 0 Å². The van der Waals surface area contributed by atoms with Crippen molar-refractivity contribution in [1.82, 2.24) is 4.31 Å². The average molecular weight is 442 g/mol. The highest BCUT2D eigenvalue weighted by Gasteiger charge is 2.39. The average Bonchev–Trinajstić information content (AvgIpc) is 2.65. The Bertz CT molecular complexity index is 973. The van der Waals surface area contributed by atoms with Gasteiger partial charge in [-0.15, -0.1) is 0 Å². The van der Waals surface area contributed by atoms with Crippen LogP contribution in [0.15, 0.2) is 35.2 Å². The van der Waals surface area contributed by atoms with Crippen LogP contribution in [0.1, 0.15) is 12.0 Å². The van der Waals surface area contributed by atoms with Gasteiger partial charge in [0.05, 0.1) is 6.04 Å². The first kappa shape index (κ1) is 22.3.